The topological polar surface area (TPSA) is 29.1 Å². The van der Waals surface area contributed by atoms with Crippen LogP contribution in [0.15, 0.2) is 54.6 Å². The summed E-state index contributed by atoms with van der Waals surface area (Å²) in [6.45, 7) is 3.00. The molecule has 2 aromatic rings. The Morgan fingerprint density at radius 2 is 1.87 bits per heavy atom. The van der Waals surface area contributed by atoms with Gasteiger partial charge in [0.1, 0.15) is 5.78 Å². The van der Waals surface area contributed by atoms with Gasteiger partial charge in [0.15, 0.2) is 0 Å². The van der Waals surface area contributed by atoms with Crippen molar-refractivity contribution in [2.75, 3.05) is 6.54 Å². The van der Waals surface area contributed by atoms with E-state index >= 15 is 0 Å². The number of carbonyl (C=O) groups excluding carboxylic acids is 1. The van der Waals surface area contributed by atoms with Crippen molar-refractivity contribution < 1.29 is 4.79 Å². The molecule has 0 amide bonds. The quantitative estimate of drug-likeness (QED) is 0.877. The van der Waals surface area contributed by atoms with E-state index in [1.165, 1.54) is 24.0 Å². The summed E-state index contributed by atoms with van der Waals surface area (Å²) in [6, 6.07) is 19.2. The van der Waals surface area contributed by atoms with Gasteiger partial charge in [-0.05, 0) is 36.1 Å². The van der Waals surface area contributed by atoms with Crippen LogP contribution in [0, 0.1) is 0 Å². The molecule has 1 saturated heterocycles. The Bertz CT molecular complexity index is 644. The zero-order chi connectivity index (χ0) is 16.1. The van der Waals surface area contributed by atoms with Crippen LogP contribution in [0.4, 0.5) is 0 Å². The summed E-state index contributed by atoms with van der Waals surface area (Å²) >= 11 is 0. The summed E-state index contributed by atoms with van der Waals surface area (Å²) in [4.78, 5) is 12.6. The van der Waals surface area contributed by atoms with E-state index in [0.29, 0.717) is 12.2 Å². The summed E-state index contributed by atoms with van der Waals surface area (Å²) < 4.78 is 0. The second-order valence-corrected chi connectivity index (χ2v) is 6.35. The first-order valence-corrected chi connectivity index (χ1v) is 8.71. The molecular formula is C21H25NO. The highest BCUT2D eigenvalue weighted by atomic mass is 16.1. The highest BCUT2D eigenvalue weighted by Crippen LogP contribution is 2.30. The van der Waals surface area contributed by atoms with Crippen LogP contribution in [0.25, 0.3) is 11.1 Å². The molecule has 0 bridgehead atoms. The molecule has 1 aliphatic rings. The molecule has 2 unspecified atom stereocenters. The van der Waals surface area contributed by atoms with E-state index < -0.39 is 0 Å². The van der Waals surface area contributed by atoms with Crippen molar-refractivity contribution >= 4 is 5.78 Å². The van der Waals surface area contributed by atoms with Crippen LogP contribution in [0.2, 0.25) is 0 Å². The number of nitrogens with one attached hydrogen (secondary N) is 1. The molecule has 1 fully saturated rings. The Hall–Kier alpha value is -1.93. The zero-order valence-electron chi connectivity index (χ0n) is 13.8. The average molecular weight is 307 g/mol. The first-order chi connectivity index (χ1) is 11.3. The first-order valence-electron chi connectivity index (χ1n) is 8.71. The lowest BCUT2D eigenvalue weighted by molar-refractivity contribution is -0.121. The molecule has 2 nitrogen and oxygen atoms in total. The van der Waals surface area contributed by atoms with Crippen LogP contribution in [-0.2, 0) is 4.79 Å². The van der Waals surface area contributed by atoms with E-state index in [0.717, 1.165) is 18.5 Å². The maximum Gasteiger partial charge on any atom is 0.141 e. The van der Waals surface area contributed by atoms with Gasteiger partial charge in [-0.1, -0.05) is 67.9 Å². The molecule has 3 rings (SSSR count). The molecule has 0 radical (unpaired) electrons. The summed E-state index contributed by atoms with van der Waals surface area (Å²) in [5.74, 6) is 0.318. The van der Waals surface area contributed by atoms with Gasteiger partial charge < -0.3 is 5.32 Å². The van der Waals surface area contributed by atoms with E-state index in [1.54, 1.807) is 0 Å². The third kappa shape index (κ3) is 3.70. The van der Waals surface area contributed by atoms with Crippen LogP contribution in [0.3, 0.4) is 0 Å². The van der Waals surface area contributed by atoms with Crippen LogP contribution in [0.5, 0.6) is 0 Å². The fourth-order valence-corrected chi connectivity index (χ4v) is 3.57. The molecule has 120 valence electrons. The third-order valence-corrected chi connectivity index (χ3v) is 4.80. The van der Waals surface area contributed by atoms with Crippen LogP contribution in [0.1, 0.15) is 44.1 Å². The molecule has 0 aliphatic carbocycles. The van der Waals surface area contributed by atoms with Crippen molar-refractivity contribution in [3.63, 3.8) is 0 Å². The Kier molecular flexibility index (Phi) is 5.24. The molecule has 0 aromatic heterocycles. The van der Waals surface area contributed by atoms with Crippen molar-refractivity contribution in [2.24, 2.45) is 0 Å². The van der Waals surface area contributed by atoms with E-state index in [1.807, 2.05) is 13.0 Å². The van der Waals surface area contributed by atoms with Crippen LogP contribution < -0.4 is 5.32 Å². The molecule has 2 heteroatoms. The average Bonchev–Trinajstić information content (AvgIpc) is 2.64. The number of rotatable bonds is 5. The second kappa shape index (κ2) is 7.56. The van der Waals surface area contributed by atoms with E-state index in [2.05, 4.69) is 53.8 Å². The van der Waals surface area contributed by atoms with Gasteiger partial charge in [0.2, 0.25) is 0 Å². The predicted molar refractivity (Wildman–Crippen MR) is 95.6 cm³/mol. The summed E-state index contributed by atoms with van der Waals surface area (Å²) in [7, 11) is 0. The maximum atomic E-state index is 12.6. The molecule has 2 aromatic carbocycles. The Balaban J connectivity index is 1.94. The molecule has 1 aliphatic heterocycles. The van der Waals surface area contributed by atoms with Gasteiger partial charge in [-0.15, -0.1) is 0 Å². The highest BCUT2D eigenvalue weighted by Gasteiger charge is 2.29. The number of benzene rings is 2. The SMILES string of the molecule is CCC(=O)C(c1cccc(-c2ccccc2)c1)C1CCCCN1. The third-order valence-electron chi connectivity index (χ3n) is 4.80. The fourth-order valence-electron chi connectivity index (χ4n) is 3.57. The van der Waals surface area contributed by atoms with Crippen molar-refractivity contribution in [2.45, 2.75) is 44.6 Å². The van der Waals surface area contributed by atoms with Crippen molar-refractivity contribution in [1.82, 2.24) is 5.32 Å². The lowest BCUT2D eigenvalue weighted by Gasteiger charge is -2.31. The summed E-state index contributed by atoms with van der Waals surface area (Å²) in [5.41, 5.74) is 3.54. The normalized spacial score (nSPS) is 19.3. The molecule has 0 spiro atoms. The van der Waals surface area contributed by atoms with Gasteiger partial charge in [-0.3, -0.25) is 4.79 Å². The van der Waals surface area contributed by atoms with Crippen molar-refractivity contribution in [1.29, 1.82) is 0 Å². The first kappa shape index (κ1) is 15.9. The minimum atomic E-state index is -0.0241. The van der Waals surface area contributed by atoms with Crippen molar-refractivity contribution in [3.05, 3.63) is 60.2 Å². The van der Waals surface area contributed by atoms with Crippen LogP contribution >= 0.6 is 0 Å². The van der Waals surface area contributed by atoms with Gasteiger partial charge in [0.05, 0.1) is 5.92 Å². The lowest BCUT2D eigenvalue weighted by atomic mass is 9.82. The van der Waals surface area contributed by atoms with Gasteiger partial charge in [-0.25, -0.2) is 0 Å². The molecule has 2 atom stereocenters. The zero-order valence-corrected chi connectivity index (χ0v) is 13.8. The van der Waals surface area contributed by atoms with Crippen LogP contribution in [-0.4, -0.2) is 18.4 Å². The molecule has 0 saturated carbocycles. The van der Waals surface area contributed by atoms with E-state index in [-0.39, 0.29) is 12.0 Å². The number of hydrogen-bond acceptors (Lipinski definition) is 2. The summed E-state index contributed by atoms with van der Waals surface area (Å²) in [5, 5.41) is 3.57. The second-order valence-electron chi connectivity index (χ2n) is 6.35. The fraction of sp³-hybridized carbons (Fsp3) is 0.381. The number of hydrogen-bond donors (Lipinski definition) is 1. The number of ketones is 1. The Morgan fingerprint density at radius 3 is 2.57 bits per heavy atom. The smallest absolute Gasteiger partial charge is 0.141 e. The van der Waals surface area contributed by atoms with E-state index in [9.17, 15) is 4.79 Å². The monoisotopic (exact) mass is 307 g/mol. The maximum absolute atomic E-state index is 12.6. The molecule has 23 heavy (non-hydrogen) atoms. The van der Waals surface area contributed by atoms with Crippen molar-refractivity contribution in [3.8, 4) is 11.1 Å². The highest BCUT2D eigenvalue weighted by molar-refractivity contribution is 5.86. The minimum absolute atomic E-state index is 0.0241. The standard InChI is InChI=1S/C21H25NO/c1-2-20(23)21(19-13-6-7-14-22-19)18-12-8-11-17(15-18)16-9-4-3-5-10-16/h3-5,8-12,15,19,21-22H,2,6-7,13-14H2,1H3. The number of piperidine rings is 1. The molecular weight excluding hydrogens is 282 g/mol. The van der Waals surface area contributed by atoms with Gasteiger partial charge in [0.25, 0.3) is 0 Å². The largest absolute Gasteiger partial charge is 0.313 e. The number of Topliss-reactive ketones (excluding diaryl/α,β-unsaturated/α-hetero) is 1. The Morgan fingerprint density at radius 1 is 1.09 bits per heavy atom. The number of carbonyl (C=O) groups is 1. The van der Waals surface area contributed by atoms with E-state index in [4.69, 9.17) is 0 Å². The summed E-state index contributed by atoms with van der Waals surface area (Å²) in [6.07, 6.45) is 4.11. The predicted octanol–water partition coefficient (Wildman–Crippen LogP) is 4.56. The van der Waals surface area contributed by atoms with Gasteiger partial charge in [-0.2, -0.15) is 0 Å². The minimum Gasteiger partial charge on any atom is -0.313 e. The van der Waals surface area contributed by atoms with Gasteiger partial charge >= 0.3 is 0 Å². The molecule has 1 heterocycles. The van der Waals surface area contributed by atoms with Gasteiger partial charge in [0, 0.05) is 12.5 Å². The lowest BCUT2D eigenvalue weighted by Crippen LogP contribution is -2.41. The Labute approximate surface area is 138 Å². The molecule has 1 N–H and O–H groups in total.